The average molecular weight is 341 g/mol. The Bertz CT molecular complexity index is 888. The molecule has 0 bridgehead atoms. The Kier molecular flexibility index (Phi) is 3.35. The van der Waals surface area contributed by atoms with E-state index in [4.69, 9.17) is 9.15 Å². The molecule has 1 saturated heterocycles. The number of oxazole rings is 1. The van der Waals surface area contributed by atoms with E-state index in [-0.39, 0.29) is 12.5 Å². The normalized spacial score (nSPS) is 21.8. The Morgan fingerprint density at radius 3 is 2.84 bits per heavy atom. The first-order valence-electron chi connectivity index (χ1n) is 8.19. The monoisotopic (exact) mass is 341 g/mol. The van der Waals surface area contributed by atoms with Gasteiger partial charge >= 0.3 is 6.03 Å². The third kappa shape index (κ3) is 2.22. The fraction of sp³-hybridized carbons (Fsp3) is 0.389. The van der Waals surface area contributed by atoms with Crippen LogP contribution in [0.2, 0.25) is 0 Å². The van der Waals surface area contributed by atoms with Crippen LogP contribution in [0, 0.1) is 13.8 Å². The number of urea groups is 1. The molecule has 2 aromatic rings. The van der Waals surface area contributed by atoms with Crippen LogP contribution < -0.4 is 10.1 Å². The minimum atomic E-state index is -1.01. The first kappa shape index (κ1) is 15.7. The van der Waals surface area contributed by atoms with E-state index in [1.807, 2.05) is 18.2 Å². The van der Waals surface area contributed by atoms with Gasteiger partial charge in [-0.15, -0.1) is 0 Å². The van der Waals surface area contributed by atoms with Crippen LogP contribution in [-0.4, -0.2) is 28.9 Å². The van der Waals surface area contributed by atoms with E-state index in [1.54, 1.807) is 21.0 Å². The zero-order valence-corrected chi connectivity index (χ0v) is 14.4. The van der Waals surface area contributed by atoms with Gasteiger partial charge in [0.05, 0.1) is 13.7 Å². The third-order valence-electron chi connectivity index (χ3n) is 5.03. The number of aromatic nitrogens is 1. The van der Waals surface area contributed by atoms with Crippen molar-refractivity contribution in [3.63, 3.8) is 0 Å². The summed E-state index contributed by atoms with van der Waals surface area (Å²) in [7, 11) is 1.58. The molecule has 1 N–H and O–H groups in total. The second-order valence-corrected chi connectivity index (χ2v) is 6.49. The van der Waals surface area contributed by atoms with Gasteiger partial charge in [0, 0.05) is 6.92 Å². The zero-order valence-electron chi connectivity index (χ0n) is 14.4. The minimum absolute atomic E-state index is 0.106. The van der Waals surface area contributed by atoms with Crippen molar-refractivity contribution in [2.75, 3.05) is 7.11 Å². The molecule has 1 fully saturated rings. The number of nitrogens with zero attached hydrogens (tertiary/aromatic N) is 2. The van der Waals surface area contributed by atoms with Gasteiger partial charge in [0.25, 0.3) is 5.91 Å². The van der Waals surface area contributed by atoms with E-state index in [2.05, 4.69) is 10.3 Å². The van der Waals surface area contributed by atoms with E-state index in [1.165, 1.54) is 4.90 Å². The average Bonchev–Trinajstić information content (AvgIpc) is 3.19. The van der Waals surface area contributed by atoms with Crippen LogP contribution in [0.4, 0.5) is 4.79 Å². The van der Waals surface area contributed by atoms with Crippen molar-refractivity contribution in [1.29, 1.82) is 0 Å². The molecule has 1 aromatic carbocycles. The van der Waals surface area contributed by atoms with Crippen molar-refractivity contribution in [2.45, 2.75) is 38.8 Å². The van der Waals surface area contributed by atoms with Gasteiger partial charge in [-0.25, -0.2) is 9.78 Å². The Hall–Kier alpha value is -2.83. The molecule has 1 aromatic heterocycles. The quantitative estimate of drug-likeness (QED) is 0.865. The predicted octanol–water partition coefficient (Wildman–Crippen LogP) is 2.19. The number of carbonyl (C=O) groups excluding carboxylic acids is 2. The lowest BCUT2D eigenvalue weighted by molar-refractivity contribution is -0.132. The van der Waals surface area contributed by atoms with Gasteiger partial charge in [0.15, 0.2) is 5.89 Å². The molecule has 7 nitrogen and oxygen atoms in total. The zero-order chi connectivity index (χ0) is 17.8. The largest absolute Gasteiger partial charge is 0.497 e. The number of amides is 3. The summed E-state index contributed by atoms with van der Waals surface area (Å²) < 4.78 is 10.7. The number of nitrogens with one attached hydrogen (secondary N) is 1. The number of aryl methyl sites for hydroxylation is 3. The summed E-state index contributed by atoms with van der Waals surface area (Å²) in [6, 6.07) is 5.27. The number of ether oxygens (including phenoxy) is 1. The van der Waals surface area contributed by atoms with Crippen molar-refractivity contribution >= 4 is 11.9 Å². The Labute approximate surface area is 145 Å². The summed E-state index contributed by atoms with van der Waals surface area (Å²) in [5, 5.41) is 2.91. The molecule has 1 spiro atoms. The topological polar surface area (TPSA) is 84.7 Å². The second-order valence-electron chi connectivity index (χ2n) is 6.49. The molecular formula is C18H19N3O4. The van der Waals surface area contributed by atoms with Gasteiger partial charge in [0.2, 0.25) is 0 Å². The number of fused-ring (bicyclic) bond motifs is 2. The molecule has 130 valence electrons. The standard InChI is InChI=1S/C18H19N3O4/c1-10-15(19-11(2)25-10)9-21-16(22)18(20-17(21)23)7-6-12-4-5-13(24-3)8-14(12)18/h4-5,8H,6-7,9H2,1-3H3,(H,20,23)/t18-/m0/s1. The first-order chi connectivity index (χ1) is 11.9. The minimum Gasteiger partial charge on any atom is -0.497 e. The lowest BCUT2D eigenvalue weighted by Gasteiger charge is -2.22. The van der Waals surface area contributed by atoms with Crippen LogP contribution >= 0.6 is 0 Å². The molecule has 25 heavy (non-hydrogen) atoms. The number of carbonyl (C=O) groups is 2. The maximum Gasteiger partial charge on any atom is 0.325 e. The molecule has 1 aliphatic carbocycles. The summed E-state index contributed by atoms with van der Waals surface area (Å²) in [5.74, 6) is 1.56. The van der Waals surface area contributed by atoms with Crippen molar-refractivity contribution in [1.82, 2.24) is 15.2 Å². The highest BCUT2D eigenvalue weighted by atomic mass is 16.5. The molecule has 2 heterocycles. The smallest absolute Gasteiger partial charge is 0.325 e. The van der Waals surface area contributed by atoms with E-state index >= 15 is 0 Å². The SMILES string of the molecule is COc1ccc2c(c1)[C@]1(CC2)NC(=O)N(Cc2nc(C)oc2C)C1=O. The molecule has 3 amide bonds. The maximum atomic E-state index is 13.2. The summed E-state index contributed by atoms with van der Waals surface area (Å²) in [4.78, 5) is 31.2. The Morgan fingerprint density at radius 1 is 1.36 bits per heavy atom. The molecule has 1 atom stereocenters. The van der Waals surface area contributed by atoms with Crippen molar-refractivity contribution < 1.29 is 18.7 Å². The van der Waals surface area contributed by atoms with Crippen LogP contribution in [0.15, 0.2) is 22.6 Å². The van der Waals surface area contributed by atoms with Gasteiger partial charge in [-0.1, -0.05) is 6.07 Å². The van der Waals surface area contributed by atoms with Crippen LogP contribution in [0.3, 0.4) is 0 Å². The van der Waals surface area contributed by atoms with Crippen LogP contribution in [-0.2, 0) is 23.3 Å². The number of imide groups is 1. The number of benzene rings is 1. The highest BCUT2D eigenvalue weighted by Crippen LogP contribution is 2.43. The molecule has 0 radical (unpaired) electrons. The summed E-state index contributed by atoms with van der Waals surface area (Å²) in [6.07, 6.45) is 1.29. The van der Waals surface area contributed by atoms with Crippen LogP contribution in [0.1, 0.15) is 34.9 Å². The summed E-state index contributed by atoms with van der Waals surface area (Å²) in [6.45, 7) is 3.62. The van der Waals surface area contributed by atoms with Crippen LogP contribution in [0.5, 0.6) is 5.75 Å². The molecule has 7 heteroatoms. The number of hydrogen-bond donors (Lipinski definition) is 1. The predicted molar refractivity (Wildman–Crippen MR) is 88.1 cm³/mol. The van der Waals surface area contributed by atoms with Crippen molar-refractivity contribution in [3.8, 4) is 5.75 Å². The number of rotatable bonds is 3. The number of hydrogen-bond acceptors (Lipinski definition) is 5. The van der Waals surface area contributed by atoms with Gasteiger partial charge < -0.3 is 14.5 Å². The molecule has 0 unspecified atom stereocenters. The lowest BCUT2D eigenvalue weighted by Crippen LogP contribution is -2.41. The van der Waals surface area contributed by atoms with Crippen molar-refractivity contribution in [3.05, 3.63) is 46.7 Å². The summed E-state index contributed by atoms with van der Waals surface area (Å²) in [5.41, 5.74) is 1.47. The molecule has 2 aliphatic rings. The third-order valence-corrected chi connectivity index (χ3v) is 5.03. The first-order valence-corrected chi connectivity index (χ1v) is 8.19. The maximum absolute atomic E-state index is 13.2. The van der Waals surface area contributed by atoms with Crippen LogP contribution in [0.25, 0.3) is 0 Å². The number of methoxy groups -OCH3 is 1. The molecule has 0 saturated carbocycles. The Balaban J connectivity index is 1.70. The van der Waals surface area contributed by atoms with Gasteiger partial charge in [-0.3, -0.25) is 9.69 Å². The fourth-order valence-corrected chi connectivity index (χ4v) is 3.74. The van der Waals surface area contributed by atoms with Gasteiger partial charge in [-0.05, 0) is 43.0 Å². The second kappa shape index (κ2) is 5.34. The van der Waals surface area contributed by atoms with Gasteiger partial charge in [0.1, 0.15) is 22.7 Å². The highest BCUT2D eigenvalue weighted by molar-refractivity contribution is 6.08. The van der Waals surface area contributed by atoms with Crippen molar-refractivity contribution in [2.24, 2.45) is 0 Å². The fourth-order valence-electron chi connectivity index (χ4n) is 3.74. The van der Waals surface area contributed by atoms with E-state index in [0.29, 0.717) is 29.5 Å². The molecule has 4 rings (SSSR count). The van der Waals surface area contributed by atoms with E-state index in [0.717, 1.165) is 17.5 Å². The molecule has 1 aliphatic heterocycles. The highest BCUT2D eigenvalue weighted by Gasteiger charge is 2.55. The van der Waals surface area contributed by atoms with Gasteiger partial charge in [-0.2, -0.15) is 0 Å². The molecular weight excluding hydrogens is 322 g/mol. The van der Waals surface area contributed by atoms with E-state index < -0.39 is 11.6 Å². The lowest BCUT2D eigenvalue weighted by atomic mass is 9.91. The summed E-state index contributed by atoms with van der Waals surface area (Å²) >= 11 is 0. The Morgan fingerprint density at radius 2 is 2.16 bits per heavy atom. The van der Waals surface area contributed by atoms with E-state index in [9.17, 15) is 9.59 Å².